The minimum Gasteiger partial charge on any atom is -0.272 e. The summed E-state index contributed by atoms with van der Waals surface area (Å²) in [6, 6.07) is 0. The first kappa shape index (κ1) is 10.6. The summed E-state index contributed by atoms with van der Waals surface area (Å²) in [5.41, 5.74) is 1.13. The van der Waals surface area contributed by atoms with Crippen molar-refractivity contribution in [3.8, 4) is 0 Å². The molecule has 0 aliphatic heterocycles. The van der Waals surface area contributed by atoms with Crippen LogP contribution in [0.25, 0.3) is 0 Å². The molecule has 0 bridgehead atoms. The maximum atomic E-state index is 6.09. The molecule has 0 saturated carbocycles. The number of hydrogen-bond donors (Lipinski definition) is 0. The maximum absolute atomic E-state index is 6.09. The number of nitrogens with zero attached hydrogens (tertiary/aromatic N) is 2. The third kappa shape index (κ3) is 3.03. The van der Waals surface area contributed by atoms with Gasteiger partial charge in [-0.05, 0) is 12.3 Å². The van der Waals surface area contributed by atoms with Crippen molar-refractivity contribution in [1.29, 1.82) is 0 Å². The molecule has 0 aromatic carbocycles. The van der Waals surface area contributed by atoms with Gasteiger partial charge in [0.05, 0.1) is 11.6 Å². The van der Waals surface area contributed by atoms with Gasteiger partial charge in [-0.2, -0.15) is 5.10 Å². The fourth-order valence-electron chi connectivity index (χ4n) is 1.25. The van der Waals surface area contributed by atoms with Crippen LogP contribution in [0, 0.1) is 5.92 Å². The molecule has 1 aromatic rings. The van der Waals surface area contributed by atoms with Crippen LogP contribution in [-0.4, -0.2) is 9.78 Å². The van der Waals surface area contributed by atoms with Gasteiger partial charge in [0.15, 0.2) is 0 Å². The summed E-state index contributed by atoms with van der Waals surface area (Å²) in [5, 5.41) is 4.37. The van der Waals surface area contributed by atoms with Crippen LogP contribution in [-0.2, 0) is 6.54 Å². The molecule has 0 fully saturated rings. The van der Waals surface area contributed by atoms with Crippen LogP contribution in [0.1, 0.15) is 38.1 Å². The number of aromatic nitrogens is 2. The Balaban J connectivity index is 2.63. The van der Waals surface area contributed by atoms with Crippen LogP contribution in [0.2, 0.25) is 0 Å². The Morgan fingerprint density at radius 3 is 2.77 bits per heavy atom. The van der Waals surface area contributed by atoms with E-state index < -0.39 is 0 Å². The zero-order chi connectivity index (χ0) is 9.84. The Hall–Kier alpha value is -0.500. The van der Waals surface area contributed by atoms with Crippen LogP contribution in [0.3, 0.4) is 0 Å². The van der Waals surface area contributed by atoms with Crippen molar-refractivity contribution in [2.24, 2.45) is 5.92 Å². The lowest BCUT2D eigenvalue weighted by molar-refractivity contribution is 0.483. The monoisotopic (exact) mass is 200 g/mol. The standard InChI is InChI=1S/C10H17ClN2/c1-4-10(11)9-5-12-13(7-9)6-8(2)3/h5,7-8,10H,4,6H2,1-3H3. The van der Waals surface area contributed by atoms with Crippen LogP contribution >= 0.6 is 11.6 Å². The highest BCUT2D eigenvalue weighted by Crippen LogP contribution is 2.22. The second-order valence-electron chi connectivity index (χ2n) is 3.77. The average molecular weight is 201 g/mol. The zero-order valence-corrected chi connectivity index (χ0v) is 9.25. The first-order valence-electron chi connectivity index (χ1n) is 4.80. The van der Waals surface area contributed by atoms with E-state index in [9.17, 15) is 0 Å². The normalized spacial score (nSPS) is 13.6. The summed E-state index contributed by atoms with van der Waals surface area (Å²) in [6.07, 6.45) is 4.86. The Kier molecular flexibility index (Phi) is 3.79. The van der Waals surface area contributed by atoms with E-state index in [1.807, 2.05) is 17.1 Å². The van der Waals surface area contributed by atoms with Crippen molar-refractivity contribution in [3.63, 3.8) is 0 Å². The zero-order valence-electron chi connectivity index (χ0n) is 8.50. The molecule has 0 amide bonds. The number of halogens is 1. The molecule has 0 radical (unpaired) electrons. The van der Waals surface area contributed by atoms with E-state index in [0.717, 1.165) is 18.5 Å². The molecule has 74 valence electrons. The smallest absolute Gasteiger partial charge is 0.0613 e. The fourth-order valence-corrected chi connectivity index (χ4v) is 1.36. The van der Waals surface area contributed by atoms with Gasteiger partial charge >= 0.3 is 0 Å². The van der Waals surface area contributed by atoms with E-state index in [2.05, 4.69) is 25.9 Å². The van der Waals surface area contributed by atoms with Crippen LogP contribution in [0.5, 0.6) is 0 Å². The van der Waals surface area contributed by atoms with Gasteiger partial charge in [0.25, 0.3) is 0 Å². The molecule has 2 nitrogen and oxygen atoms in total. The lowest BCUT2D eigenvalue weighted by Crippen LogP contribution is -2.04. The highest BCUT2D eigenvalue weighted by atomic mass is 35.5. The summed E-state index contributed by atoms with van der Waals surface area (Å²) >= 11 is 6.09. The number of rotatable bonds is 4. The Morgan fingerprint density at radius 1 is 1.54 bits per heavy atom. The highest BCUT2D eigenvalue weighted by molar-refractivity contribution is 6.20. The maximum Gasteiger partial charge on any atom is 0.0613 e. The van der Waals surface area contributed by atoms with Gasteiger partial charge in [-0.15, -0.1) is 11.6 Å². The first-order chi connectivity index (χ1) is 6.13. The van der Waals surface area contributed by atoms with Crippen molar-refractivity contribution in [1.82, 2.24) is 9.78 Å². The molecule has 0 N–H and O–H groups in total. The molecule has 13 heavy (non-hydrogen) atoms. The summed E-state index contributed by atoms with van der Waals surface area (Å²) in [6.45, 7) is 7.41. The van der Waals surface area contributed by atoms with Crippen molar-refractivity contribution >= 4 is 11.6 Å². The van der Waals surface area contributed by atoms with Crippen LogP contribution < -0.4 is 0 Å². The summed E-state index contributed by atoms with van der Waals surface area (Å²) in [5.74, 6) is 0.628. The minimum atomic E-state index is 0.112. The average Bonchev–Trinajstić information content (AvgIpc) is 2.50. The molecule has 0 aliphatic rings. The predicted octanol–water partition coefficient (Wildman–Crippen LogP) is 3.23. The fraction of sp³-hybridized carbons (Fsp3) is 0.700. The van der Waals surface area contributed by atoms with E-state index in [4.69, 9.17) is 11.6 Å². The lowest BCUT2D eigenvalue weighted by atomic mass is 10.2. The van der Waals surface area contributed by atoms with Gasteiger partial charge in [0.1, 0.15) is 0 Å². The van der Waals surface area contributed by atoms with E-state index >= 15 is 0 Å². The number of hydrogen-bond acceptors (Lipinski definition) is 1. The van der Waals surface area contributed by atoms with Gasteiger partial charge in [-0.25, -0.2) is 0 Å². The molecular weight excluding hydrogens is 184 g/mol. The van der Waals surface area contributed by atoms with E-state index in [0.29, 0.717) is 5.92 Å². The molecule has 3 heteroatoms. The first-order valence-corrected chi connectivity index (χ1v) is 5.23. The van der Waals surface area contributed by atoms with Gasteiger partial charge in [0, 0.05) is 18.3 Å². The molecular formula is C10H17ClN2. The molecule has 1 heterocycles. The molecule has 0 saturated heterocycles. The molecule has 0 aliphatic carbocycles. The Bertz CT molecular complexity index is 255. The Morgan fingerprint density at radius 2 is 2.23 bits per heavy atom. The van der Waals surface area contributed by atoms with Crippen molar-refractivity contribution < 1.29 is 0 Å². The van der Waals surface area contributed by atoms with Gasteiger partial charge in [-0.3, -0.25) is 4.68 Å². The van der Waals surface area contributed by atoms with E-state index in [1.165, 1.54) is 0 Å². The molecule has 1 unspecified atom stereocenters. The highest BCUT2D eigenvalue weighted by Gasteiger charge is 2.07. The minimum absolute atomic E-state index is 0.112. The largest absolute Gasteiger partial charge is 0.272 e. The lowest BCUT2D eigenvalue weighted by Gasteiger charge is -2.04. The van der Waals surface area contributed by atoms with Gasteiger partial charge in [0.2, 0.25) is 0 Å². The summed E-state index contributed by atoms with van der Waals surface area (Å²) in [4.78, 5) is 0. The summed E-state index contributed by atoms with van der Waals surface area (Å²) in [7, 11) is 0. The van der Waals surface area contributed by atoms with Gasteiger partial charge in [-0.1, -0.05) is 20.8 Å². The second-order valence-corrected chi connectivity index (χ2v) is 4.29. The molecule has 1 rings (SSSR count). The van der Waals surface area contributed by atoms with E-state index in [-0.39, 0.29) is 5.38 Å². The van der Waals surface area contributed by atoms with Crippen molar-refractivity contribution in [3.05, 3.63) is 18.0 Å². The third-order valence-electron chi connectivity index (χ3n) is 1.93. The quantitative estimate of drug-likeness (QED) is 0.683. The van der Waals surface area contributed by atoms with Crippen LogP contribution in [0.15, 0.2) is 12.4 Å². The van der Waals surface area contributed by atoms with E-state index in [1.54, 1.807) is 0 Å². The second kappa shape index (κ2) is 4.66. The SMILES string of the molecule is CCC(Cl)c1cnn(CC(C)C)c1. The van der Waals surface area contributed by atoms with Crippen LogP contribution in [0.4, 0.5) is 0 Å². The molecule has 0 spiro atoms. The van der Waals surface area contributed by atoms with Crippen molar-refractivity contribution in [2.75, 3.05) is 0 Å². The molecule has 1 aromatic heterocycles. The summed E-state index contributed by atoms with van der Waals surface area (Å²) < 4.78 is 1.96. The third-order valence-corrected chi connectivity index (χ3v) is 2.49. The number of alkyl halides is 1. The van der Waals surface area contributed by atoms with Crippen molar-refractivity contribution in [2.45, 2.75) is 39.1 Å². The van der Waals surface area contributed by atoms with Gasteiger partial charge < -0.3 is 0 Å². The predicted molar refractivity (Wildman–Crippen MR) is 56.0 cm³/mol. The Labute approximate surface area is 84.9 Å². The topological polar surface area (TPSA) is 17.8 Å². The molecule has 1 atom stereocenters.